The van der Waals surface area contributed by atoms with Gasteiger partial charge in [-0.3, -0.25) is 28.9 Å². The van der Waals surface area contributed by atoms with Crippen LogP contribution < -0.4 is 5.32 Å². The number of aliphatic hydroxyl groups excluding tert-OH is 1. The number of hydrogen-bond acceptors (Lipinski definition) is 8. The van der Waals surface area contributed by atoms with E-state index in [2.05, 4.69) is 10.2 Å². The molecule has 282 valence electrons. The molecule has 7 saturated carbocycles. The van der Waals surface area contributed by atoms with Crippen LogP contribution in [0.2, 0.25) is 0 Å². The lowest BCUT2D eigenvalue weighted by atomic mass is 9.48. The highest BCUT2D eigenvalue weighted by molar-refractivity contribution is 6.12. The van der Waals surface area contributed by atoms with Gasteiger partial charge in [0, 0.05) is 70.0 Å². The average molecular weight is 709 g/mol. The Morgan fingerprint density at radius 2 is 1.53 bits per heavy atom. The fourth-order valence-corrected chi connectivity index (χ4v) is 12.6. The molecule has 0 aromatic rings. The van der Waals surface area contributed by atoms with Crippen LogP contribution in [0.3, 0.4) is 0 Å². The van der Waals surface area contributed by atoms with Gasteiger partial charge in [-0.2, -0.15) is 0 Å². The second kappa shape index (κ2) is 14.5. The van der Waals surface area contributed by atoms with Crippen molar-refractivity contribution in [3.05, 3.63) is 0 Å². The van der Waals surface area contributed by atoms with E-state index in [0.717, 1.165) is 44.7 Å². The van der Waals surface area contributed by atoms with Crippen molar-refractivity contribution in [2.24, 2.45) is 40.9 Å². The van der Waals surface area contributed by atoms with E-state index in [1.54, 1.807) is 7.11 Å². The maximum absolute atomic E-state index is 14.5. The Kier molecular flexibility index (Phi) is 10.1. The number of piperazine rings is 1. The lowest BCUT2D eigenvalue weighted by molar-refractivity contribution is -0.173. The fraction of sp³-hybridized carbons (Fsp3) is 0.875. The number of ketones is 2. The van der Waals surface area contributed by atoms with Crippen molar-refractivity contribution in [3.63, 3.8) is 0 Å². The minimum atomic E-state index is -1.28. The van der Waals surface area contributed by atoms with E-state index in [1.165, 1.54) is 49.8 Å². The maximum Gasteiger partial charge on any atom is 0.245 e. The summed E-state index contributed by atoms with van der Waals surface area (Å²) in [4.78, 5) is 75.6. The molecule has 2 heterocycles. The molecule has 9 aliphatic rings. The summed E-state index contributed by atoms with van der Waals surface area (Å²) in [7, 11) is 1.80. The lowest BCUT2D eigenvalue weighted by Gasteiger charge is -2.54. The van der Waals surface area contributed by atoms with Crippen LogP contribution in [0.5, 0.6) is 0 Å². The molecule has 2 saturated heterocycles. The topological polar surface area (TPSA) is 137 Å². The number of nitrogens with one attached hydrogen (secondary N) is 1. The largest absolute Gasteiger partial charge is 0.391 e. The molecule has 9 fully saturated rings. The van der Waals surface area contributed by atoms with Crippen LogP contribution in [0.4, 0.5) is 0 Å². The first kappa shape index (κ1) is 35.6. The molecular formula is C40H60N4O7. The van der Waals surface area contributed by atoms with E-state index in [-0.39, 0.29) is 67.1 Å². The van der Waals surface area contributed by atoms with Gasteiger partial charge in [-0.1, -0.05) is 44.9 Å². The zero-order valence-electron chi connectivity index (χ0n) is 30.6. The third-order valence-electron chi connectivity index (χ3n) is 15.1. The number of carbonyl (C=O) groups excluding carboxylic acids is 5. The highest BCUT2D eigenvalue weighted by Crippen LogP contribution is 2.57. The van der Waals surface area contributed by atoms with Crippen molar-refractivity contribution in [3.8, 4) is 0 Å². The normalized spacial score (nSPS) is 41.8. The zero-order valence-corrected chi connectivity index (χ0v) is 30.6. The first-order valence-electron chi connectivity index (χ1n) is 20.6. The molecule has 2 N–H and O–H groups in total. The predicted molar refractivity (Wildman–Crippen MR) is 188 cm³/mol. The molecule has 8 unspecified atom stereocenters. The van der Waals surface area contributed by atoms with E-state index >= 15 is 0 Å². The molecule has 10 atom stereocenters. The van der Waals surface area contributed by atoms with Gasteiger partial charge in [0.2, 0.25) is 17.7 Å². The number of Topliss-reactive ketones (excluding diaryl/α,β-unsaturated/α-hetero) is 2. The summed E-state index contributed by atoms with van der Waals surface area (Å²) in [5, 5.41) is 14.0. The zero-order chi connectivity index (χ0) is 35.4. The molecule has 3 amide bonds. The molecular weight excluding hydrogens is 648 g/mol. The van der Waals surface area contributed by atoms with Crippen LogP contribution in [0, 0.1) is 40.9 Å². The Hall–Kier alpha value is -2.37. The smallest absolute Gasteiger partial charge is 0.245 e. The molecule has 0 aromatic carbocycles. The van der Waals surface area contributed by atoms with Crippen molar-refractivity contribution in [2.45, 2.75) is 139 Å². The molecule has 51 heavy (non-hydrogen) atoms. The third-order valence-corrected chi connectivity index (χ3v) is 15.1. The maximum atomic E-state index is 14.5. The highest BCUT2D eigenvalue weighted by atomic mass is 16.5. The van der Waals surface area contributed by atoms with Crippen LogP contribution in [-0.2, 0) is 28.7 Å². The van der Waals surface area contributed by atoms with Crippen LogP contribution >= 0.6 is 0 Å². The minimum Gasteiger partial charge on any atom is -0.391 e. The number of fused-ring (bicyclic) bond motifs is 1. The highest BCUT2D eigenvalue weighted by Gasteiger charge is 2.65. The first-order valence-corrected chi connectivity index (χ1v) is 20.6. The van der Waals surface area contributed by atoms with Crippen molar-refractivity contribution in [2.75, 3.05) is 39.8 Å². The Bertz CT molecular complexity index is 1360. The van der Waals surface area contributed by atoms with E-state index in [0.29, 0.717) is 50.2 Å². The monoisotopic (exact) mass is 708 g/mol. The number of amides is 3. The summed E-state index contributed by atoms with van der Waals surface area (Å²) in [6.07, 6.45) is 14.6. The van der Waals surface area contributed by atoms with Crippen molar-refractivity contribution >= 4 is 29.3 Å². The molecule has 9 rings (SSSR count). The number of hydrogen-bond donors (Lipinski definition) is 2. The van der Waals surface area contributed by atoms with E-state index in [4.69, 9.17) is 4.74 Å². The quantitative estimate of drug-likeness (QED) is 0.368. The van der Waals surface area contributed by atoms with Crippen molar-refractivity contribution in [1.29, 1.82) is 0 Å². The summed E-state index contributed by atoms with van der Waals surface area (Å²) in [6.45, 7) is 2.75. The van der Waals surface area contributed by atoms with Crippen molar-refractivity contribution in [1.82, 2.24) is 20.0 Å². The predicted octanol–water partition coefficient (Wildman–Crippen LogP) is 3.11. The van der Waals surface area contributed by atoms with E-state index < -0.39 is 35.4 Å². The summed E-state index contributed by atoms with van der Waals surface area (Å²) in [5.41, 5.74) is -1.28. The van der Waals surface area contributed by atoms with Gasteiger partial charge in [0.05, 0.1) is 12.2 Å². The van der Waals surface area contributed by atoms with Crippen LogP contribution in [-0.4, -0.2) is 119 Å². The van der Waals surface area contributed by atoms with Gasteiger partial charge in [-0.15, -0.1) is 0 Å². The van der Waals surface area contributed by atoms with Gasteiger partial charge in [-0.05, 0) is 75.5 Å². The molecule has 0 aromatic heterocycles. The van der Waals surface area contributed by atoms with E-state index in [1.807, 2.05) is 4.90 Å². The number of aliphatic hydroxyl groups is 1. The number of β-amino-alcohol motifs (C(OH)–C–C–N with tert-alkyl or cyclic N) is 1. The number of rotatable bonds is 8. The summed E-state index contributed by atoms with van der Waals surface area (Å²) < 4.78 is 5.85. The molecule has 11 nitrogen and oxygen atoms in total. The molecule has 0 radical (unpaired) electrons. The Morgan fingerprint density at radius 3 is 2.25 bits per heavy atom. The van der Waals surface area contributed by atoms with E-state index in [9.17, 15) is 29.1 Å². The van der Waals surface area contributed by atoms with Gasteiger partial charge in [0.15, 0.2) is 5.78 Å². The number of ether oxygens (including phenoxy) is 1. The summed E-state index contributed by atoms with van der Waals surface area (Å²) >= 11 is 0. The van der Waals surface area contributed by atoms with Gasteiger partial charge >= 0.3 is 0 Å². The van der Waals surface area contributed by atoms with Gasteiger partial charge in [0.1, 0.15) is 23.3 Å². The van der Waals surface area contributed by atoms with Gasteiger partial charge in [0.25, 0.3) is 0 Å². The molecule has 4 bridgehead atoms. The Labute approximate surface area is 302 Å². The first-order chi connectivity index (χ1) is 24.6. The summed E-state index contributed by atoms with van der Waals surface area (Å²) in [6, 6.07) is -1.29. The third kappa shape index (κ3) is 6.59. The summed E-state index contributed by atoms with van der Waals surface area (Å²) in [5.74, 6) is 0.236. The second-order valence-electron chi connectivity index (χ2n) is 17.9. The second-order valence-corrected chi connectivity index (χ2v) is 17.9. The number of methoxy groups -OCH3 is 1. The van der Waals surface area contributed by atoms with Crippen LogP contribution in [0.15, 0.2) is 0 Å². The Morgan fingerprint density at radius 1 is 0.843 bits per heavy atom. The molecule has 7 aliphatic carbocycles. The lowest BCUT2D eigenvalue weighted by Crippen LogP contribution is -2.64. The SMILES string of the molecule is COC1CCCCC1N1CCN(C(=O)[C@H](CC2CCC3CCCCC3C2)NC(=O)C2C[C@@H](O)CN2C(=O)C23CC4CC(CC(C2)C4=O)C3=O)CC1. The standard InChI is InChI=1S/C40H60N4O7/c1-51-34-9-5-4-8-32(34)42-12-14-43(15-13-42)38(49)31(17-24-10-11-25-6-2-3-7-26(25)16-24)41-37(48)33-20-30(45)23-44(33)39(50)40-21-28-18-27(36(40)47)19-29(22-40)35(28)46/h24-34,45H,2-23H2,1H3,(H,41,48)/t24?,25?,26?,27?,28?,29?,30-,31+,32?,33?,34?,40?/m1/s1. The van der Waals surface area contributed by atoms with Crippen LogP contribution in [0.25, 0.3) is 0 Å². The molecule has 0 spiro atoms. The number of nitrogens with zero attached hydrogens (tertiary/aromatic N) is 3. The molecule has 2 aliphatic heterocycles. The van der Waals surface area contributed by atoms with Crippen molar-refractivity contribution < 1.29 is 33.8 Å². The molecule has 11 heteroatoms. The average Bonchev–Trinajstić information content (AvgIpc) is 3.55. The number of likely N-dealkylation sites (tertiary alicyclic amines) is 1. The minimum absolute atomic E-state index is 0.0181. The number of carbonyl (C=O) groups is 5. The van der Waals surface area contributed by atoms with Gasteiger partial charge < -0.3 is 25.0 Å². The fourth-order valence-electron chi connectivity index (χ4n) is 12.6. The van der Waals surface area contributed by atoms with Crippen LogP contribution in [0.1, 0.15) is 109 Å². The Balaban J connectivity index is 0.979. The van der Waals surface area contributed by atoms with Gasteiger partial charge in [-0.25, -0.2) is 0 Å².